The summed E-state index contributed by atoms with van der Waals surface area (Å²) in [6.07, 6.45) is 3.50. The maximum atomic E-state index is 11.9. The molecule has 0 radical (unpaired) electrons. The minimum absolute atomic E-state index is 0. The van der Waals surface area contributed by atoms with E-state index in [0.29, 0.717) is 19.6 Å². The Bertz CT molecular complexity index is 452. The second kappa shape index (κ2) is 11.3. The lowest BCUT2D eigenvalue weighted by atomic mass is 10.1. The van der Waals surface area contributed by atoms with Gasteiger partial charge in [0, 0.05) is 12.6 Å². The molecule has 0 bridgehead atoms. The molecular formula is C17H29ClN2O2. The molecular weight excluding hydrogens is 300 g/mol. The number of unbranched alkanes of at least 4 members (excludes halogenated alkanes) is 1. The molecule has 1 aromatic carbocycles. The SMILES string of the molecule is CCCCC(CN)NC(=O)CCOc1ccc(C)cc1C.Cl. The lowest BCUT2D eigenvalue weighted by molar-refractivity contribution is -0.122. The first-order chi connectivity index (χ1) is 10.1. The summed E-state index contributed by atoms with van der Waals surface area (Å²) in [6.45, 7) is 7.07. The summed E-state index contributed by atoms with van der Waals surface area (Å²) in [5, 5.41) is 2.97. The van der Waals surface area contributed by atoms with E-state index in [9.17, 15) is 4.79 Å². The molecule has 0 saturated carbocycles. The average Bonchev–Trinajstić information content (AvgIpc) is 2.45. The van der Waals surface area contributed by atoms with E-state index in [0.717, 1.165) is 30.6 Å². The maximum Gasteiger partial charge on any atom is 0.223 e. The molecule has 4 nitrogen and oxygen atoms in total. The number of hydrogen-bond acceptors (Lipinski definition) is 3. The minimum atomic E-state index is 0. The van der Waals surface area contributed by atoms with Crippen molar-refractivity contribution in [1.82, 2.24) is 5.32 Å². The number of benzene rings is 1. The summed E-state index contributed by atoms with van der Waals surface area (Å²) in [5.74, 6) is 0.848. The number of carbonyl (C=O) groups excluding carboxylic acids is 1. The van der Waals surface area contributed by atoms with E-state index in [1.54, 1.807) is 0 Å². The van der Waals surface area contributed by atoms with Crippen LogP contribution in [0.15, 0.2) is 18.2 Å². The van der Waals surface area contributed by atoms with Crippen LogP contribution in [0, 0.1) is 13.8 Å². The molecule has 0 saturated heterocycles. The summed E-state index contributed by atoms with van der Waals surface area (Å²) in [7, 11) is 0. The van der Waals surface area contributed by atoms with Crippen LogP contribution in [-0.4, -0.2) is 25.1 Å². The van der Waals surface area contributed by atoms with Crippen LogP contribution in [0.2, 0.25) is 0 Å². The first-order valence-corrected chi connectivity index (χ1v) is 7.76. The lowest BCUT2D eigenvalue weighted by Gasteiger charge is -2.16. The van der Waals surface area contributed by atoms with Gasteiger partial charge in [0.15, 0.2) is 0 Å². The monoisotopic (exact) mass is 328 g/mol. The quantitative estimate of drug-likeness (QED) is 0.732. The van der Waals surface area contributed by atoms with Crippen LogP contribution >= 0.6 is 12.4 Å². The fourth-order valence-electron chi connectivity index (χ4n) is 2.21. The normalized spacial score (nSPS) is 11.5. The smallest absolute Gasteiger partial charge is 0.223 e. The molecule has 0 heterocycles. The number of carbonyl (C=O) groups is 1. The van der Waals surface area contributed by atoms with E-state index in [-0.39, 0.29) is 24.4 Å². The van der Waals surface area contributed by atoms with Gasteiger partial charge in [-0.25, -0.2) is 0 Å². The third-order valence-electron chi connectivity index (χ3n) is 3.47. The first kappa shape index (κ1) is 20.7. The van der Waals surface area contributed by atoms with Gasteiger partial charge in [-0.15, -0.1) is 12.4 Å². The summed E-state index contributed by atoms with van der Waals surface area (Å²) < 4.78 is 5.67. The topological polar surface area (TPSA) is 64.3 Å². The molecule has 1 amide bonds. The maximum absolute atomic E-state index is 11.9. The van der Waals surface area contributed by atoms with E-state index >= 15 is 0 Å². The largest absolute Gasteiger partial charge is 0.493 e. The number of nitrogens with one attached hydrogen (secondary N) is 1. The summed E-state index contributed by atoms with van der Waals surface area (Å²) in [4.78, 5) is 11.9. The van der Waals surface area contributed by atoms with Crippen molar-refractivity contribution >= 4 is 18.3 Å². The molecule has 1 unspecified atom stereocenters. The minimum Gasteiger partial charge on any atom is -0.493 e. The number of rotatable bonds is 9. The predicted molar refractivity (Wildman–Crippen MR) is 93.8 cm³/mol. The van der Waals surface area contributed by atoms with Crippen molar-refractivity contribution in [1.29, 1.82) is 0 Å². The van der Waals surface area contributed by atoms with Crippen molar-refractivity contribution in [3.8, 4) is 5.75 Å². The number of ether oxygens (including phenoxy) is 1. The Balaban J connectivity index is 0.00000441. The number of hydrogen-bond donors (Lipinski definition) is 2. The first-order valence-electron chi connectivity index (χ1n) is 7.76. The molecule has 1 atom stereocenters. The van der Waals surface area contributed by atoms with Gasteiger partial charge in [0.05, 0.1) is 13.0 Å². The zero-order valence-corrected chi connectivity index (χ0v) is 14.7. The van der Waals surface area contributed by atoms with Gasteiger partial charge in [-0.2, -0.15) is 0 Å². The Labute approximate surface area is 140 Å². The van der Waals surface area contributed by atoms with Crippen LogP contribution in [0.3, 0.4) is 0 Å². The Morgan fingerprint density at radius 1 is 1.36 bits per heavy atom. The van der Waals surface area contributed by atoms with Crippen LogP contribution in [0.1, 0.15) is 43.7 Å². The zero-order chi connectivity index (χ0) is 15.7. The molecule has 0 aliphatic carbocycles. The predicted octanol–water partition coefficient (Wildman–Crippen LogP) is 3.13. The molecule has 126 valence electrons. The highest BCUT2D eigenvalue weighted by molar-refractivity contribution is 5.85. The molecule has 0 aliphatic rings. The summed E-state index contributed by atoms with van der Waals surface area (Å²) in [6, 6.07) is 6.12. The Hall–Kier alpha value is -1.26. The molecule has 5 heteroatoms. The van der Waals surface area contributed by atoms with Gasteiger partial charge in [0.1, 0.15) is 5.75 Å². The van der Waals surface area contributed by atoms with E-state index in [1.165, 1.54) is 5.56 Å². The van der Waals surface area contributed by atoms with Gasteiger partial charge >= 0.3 is 0 Å². The third-order valence-corrected chi connectivity index (χ3v) is 3.47. The van der Waals surface area contributed by atoms with Crippen LogP contribution < -0.4 is 15.8 Å². The van der Waals surface area contributed by atoms with Crippen LogP contribution in [0.25, 0.3) is 0 Å². The van der Waals surface area contributed by atoms with Crippen molar-refractivity contribution in [2.45, 2.75) is 52.5 Å². The number of aryl methyl sites for hydroxylation is 2. The fourth-order valence-corrected chi connectivity index (χ4v) is 2.21. The van der Waals surface area contributed by atoms with Crippen molar-refractivity contribution in [3.05, 3.63) is 29.3 Å². The molecule has 0 aliphatic heterocycles. The van der Waals surface area contributed by atoms with Gasteiger partial charge in [-0.1, -0.05) is 37.5 Å². The zero-order valence-electron chi connectivity index (χ0n) is 13.9. The lowest BCUT2D eigenvalue weighted by Crippen LogP contribution is -2.40. The van der Waals surface area contributed by atoms with E-state index in [4.69, 9.17) is 10.5 Å². The number of halogens is 1. The van der Waals surface area contributed by atoms with E-state index in [2.05, 4.69) is 18.3 Å². The molecule has 0 aromatic heterocycles. The van der Waals surface area contributed by atoms with Crippen LogP contribution in [0.5, 0.6) is 5.75 Å². The van der Waals surface area contributed by atoms with Crippen molar-refractivity contribution < 1.29 is 9.53 Å². The second-order valence-electron chi connectivity index (χ2n) is 5.51. The summed E-state index contributed by atoms with van der Waals surface area (Å²) in [5.41, 5.74) is 7.97. The third kappa shape index (κ3) is 7.66. The second-order valence-corrected chi connectivity index (χ2v) is 5.51. The molecule has 1 aromatic rings. The summed E-state index contributed by atoms with van der Waals surface area (Å²) >= 11 is 0. The molecule has 1 rings (SSSR count). The van der Waals surface area contributed by atoms with Gasteiger partial charge < -0.3 is 15.8 Å². The highest BCUT2D eigenvalue weighted by Gasteiger charge is 2.10. The highest BCUT2D eigenvalue weighted by atomic mass is 35.5. The molecule has 0 spiro atoms. The molecule has 3 N–H and O–H groups in total. The van der Waals surface area contributed by atoms with Gasteiger partial charge in [-0.05, 0) is 31.9 Å². The molecule has 22 heavy (non-hydrogen) atoms. The number of nitrogens with two attached hydrogens (primary N) is 1. The average molecular weight is 329 g/mol. The standard InChI is InChI=1S/C17H28N2O2.ClH/c1-4-5-6-15(12-18)19-17(20)9-10-21-16-8-7-13(2)11-14(16)3;/h7-8,11,15H,4-6,9-10,12,18H2,1-3H3,(H,19,20);1H. The Morgan fingerprint density at radius 2 is 2.09 bits per heavy atom. The Kier molecular flexibility index (Phi) is 10.7. The Morgan fingerprint density at radius 3 is 2.68 bits per heavy atom. The van der Waals surface area contributed by atoms with Crippen LogP contribution in [0.4, 0.5) is 0 Å². The van der Waals surface area contributed by atoms with Gasteiger partial charge in [0.25, 0.3) is 0 Å². The van der Waals surface area contributed by atoms with Gasteiger partial charge in [-0.3, -0.25) is 4.79 Å². The van der Waals surface area contributed by atoms with Crippen LogP contribution in [-0.2, 0) is 4.79 Å². The number of amides is 1. The van der Waals surface area contributed by atoms with Crippen molar-refractivity contribution in [3.63, 3.8) is 0 Å². The van der Waals surface area contributed by atoms with Gasteiger partial charge in [0.2, 0.25) is 5.91 Å². The van der Waals surface area contributed by atoms with Crippen molar-refractivity contribution in [2.24, 2.45) is 5.73 Å². The molecule has 0 fully saturated rings. The fraction of sp³-hybridized carbons (Fsp3) is 0.588. The van der Waals surface area contributed by atoms with Crippen molar-refractivity contribution in [2.75, 3.05) is 13.2 Å². The van der Waals surface area contributed by atoms with E-state index < -0.39 is 0 Å². The van der Waals surface area contributed by atoms with E-state index in [1.807, 2.05) is 26.0 Å². The highest BCUT2D eigenvalue weighted by Crippen LogP contribution is 2.18.